The standard InChI is InChI=1S/C45H25N3S3/c1-2-10-26(11-3-1)43-46-44(48-45(47-43)35-16-9-19-38-41(35)34-13-5-7-18-37(34)49-38)28-21-23-32-33-15-8-14-29(42(33)51-40(32)25-28)27-20-22-31-30-12-4-6-17-36(30)50-39(31)24-27/h1-25H/i8D,14D,15D,21D,23D,25D. The minimum Gasteiger partial charge on any atom is -0.208 e. The molecule has 4 aromatic heterocycles. The molecule has 0 bridgehead atoms. The van der Waals surface area contributed by atoms with E-state index < -0.39 is 0 Å². The van der Waals surface area contributed by atoms with Gasteiger partial charge in [0, 0.05) is 77.2 Å². The molecule has 0 aliphatic rings. The fraction of sp³-hybridized carbons (Fsp3) is 0. The fourth-order valence-corrected chi connectivity index (χ4v) is 10.3. The van der Waals surface area contributed by atoms with E-state index in [2.05, 4.69) is 30.3 Å². The molecule has 0 amide bonds. The zero-order valence-electron chi connectivity index (χ0n) is 32.5. The van der Waals surface area contributed by atoms with Gasteiger partial charge in [-0.1, -0.05) is 121 Å². The van der Waals surface area contributed by atoms with E-state index in [0.717, 1.165) is 57.0 Å². The highest BCUT2D eigenvalue weighted by atomic mass is 32.1. The van der Waals surface area contributed by atoms with Crippen LogP contribution in [-0.2, 0) is 0 Å². The first kappa shape index (κ1) is 23.6. The van der Waals surface area contributed by atoms with Crippen LogP contribution in [0.2, 0.25) is 0 Å². The molecule has 11 aromatic rings. The molecule has 0 spiro atoms. The Hall–Kier alpha value is -5.79. The average molecular weight is 710 g/mol. The number of rotatable bonds is 4. The van der Waals surface area contributed by atoms with Crippen molar-refractivity contribution in [3.8, 4) is 45.3 Å². The third-order valence-corrected chi connectivity index (χ3v) is 12.7. The highest BCUT2D eigenvalue weighted by Gasteiger charge is 2.18. The average Bonchev–Trinajstić information content (AvgIpc) is 3.94. The van der Waals surface area contributed by atoms with Crippen molar-refractivity contribution in [3.63, 3.8) is 0 Å². The molecule has 0 aliphatic carbocycles. The lowest BCUT2D eigenvalue weighted by atomic mass is 10.0. The van der Waals surface area contributed by atoms with Crippen molar-refractivity contribution in [2.24, 2.45) is 0 Å². The Morgan fingerprint density at radius 1 is 0.412 bits per heavy atom. The number of nitrogens with zero attached hydrogens (tertiary/aromatic N) is 3. The largest absolute Gasteiger partial charge is 0.208 e. The second-order valence-corrected chi connectivity index (χ2v) is 15.5. The number of hydrogen-bond acceptors (Lipinski definition) is 6. The molecule has 0 aliphatic heterocycles. The first-order valence-corrected chi connectivity index (χ1v) is 18.8. The maximum absolute atomic E-state index is 9.69. The number of thiophene rings is 3. The highest BCUT2D eigenvalue weighted by molar-refractivity contribution is 7.27. The van der Waals surface area contributed by atoms with Crippen molar-refractivity contribution in [2.75, 3.05) is 0 Å². The predicted molar refractivity (Wildman–Crippen MR) is 220 cm³/mol. The minimum atomic E-state index is -0.264. The summed E-state index contributed by atoms with van der Waals surface area (Å²) in [6.07, 6.45) is 0. The quantitative estimate of drug-likeness (QED) is 0.183. The Bertz CT molecular complexity index is 3500. The summed E-state index contributed by atoms with van der Waals surface area (Å²) in [7, 11) is 0. The Labute approximate surface area is 313 Å². The van der Waals surface area contributed by atoms with Gasteiger partial charge in [0.05, 0.1) is 8.22 Å². The Balaban J connectivity index is 1.18. The van der Waals surface area contributed by atoms with E-state index in [-0.39, 0.29) is 53.0 Å². The normalized spacial score (nSPS) is 13.6. The van der Waals surface area contributed by atoms with Gasteiger partial charge < -0.3 is 0 Å². The van der Waals surface area contributed by atoms with E-state index in [1.165, 1.54) is 11.3 Å². The van der Waals surface area contributed by atoms with Crippen LogP contribution in [0, 0.1) is 0 Å². The summed E-state index contributed by atoms with van der Waals surface area (Å²) in [5.41, 5.74) is 2.81. The van der Waals surface area contributed by atoms with Gasteiger partial charge in [-0.05, 0) is 41.4 Å². The van der Waals surface area contributed by atoms with Gasteiger partial charge in [-0.25, -0.2) is 15.0 Å². The van der Waals surface area contributed by atoms with Crippen LogP contribution in [0.3, 0.4) is 0 Å². The Morgan fingerprint density at radius 3 is 2.00 bits per heavy atom. The van der Waals surface area contributed by atoms with E-state index in [1.807, 2.05) is 84.9 Å². The van der Waals surface area contributed by atoms with Crippen molar-refractivity contribution in [2.45, 2.75) is 0 Å². The van der Waals surface area contributed by atoms with Crippen LogP contribution >= 0.6 is 34.0 Å². The number of benzene rings is 7. The van der Waals surface area contributed by atoms with E-state index in [1.54, 1.807) is 22.7 Å². The van der Waals surface area contributed by atoms with Crippen molar-refractivity contribution in [1.82, 2.24) is 15.0 Å². The van der Waals surface area contributed by atoms with Crippen LogP contribution in [0.5, 0.6) is 0 Å². The summed E-state index contributed by atoms with van der Waals surface area (Å²) >= 11 is 4.56. The summed E-state index contributed by atoms with van der Waals surface area (Å²) in [5, 5.41) is 4.89. The maximum atomic E-state index is 9.69. The third kappa shape index (κ3) is 4.65. The molecular weight excluding hydrogens is 679 g/mol. The van der Waals surface area contributed by atoms with Crippen molar-refractivity contribution in [3.05, 3.63) is 152 Å². The monoisotopic (exact) mass is 709 g/mol. The van der Waals surface area contributed by atoms with E-state index in [0.29, 0.717) is 32.0 Å². The smallest absolute Gasteiger partial charge is 0.164 e. The molecule has 51 heavy (non-hydrogen) atoms. The molecule has 0 atom stereocenters. The van der Waals surface area contributed by atoms with Gasteiger partial charge in [0.1, 0.15) is 0 Å². The van der Waals surface area contributed by atoms with Gasteiger partial charge in [-0.15, -0.1) is 34.0 Å². The zero-order valence-corrected chi connectivity index (χ0v) is 29.0. The predicted octanol–water partition coefficient (Wildman–Crippen LogP) is 13.6. The van der Waals surface area contributed by atoms with E-state index in [9.17, 15) is 4.11 Å². The summed E-state index contributed by atoms with van der Waals surface area (Å²) in [4.78, 5) is 14.8. The third-order valence-electron chi connectivity index (χ3n) is 9.26. The Kier molecular flexibility index (Phi) is 5.26. The van der Waals surface area contributed by atoms with Gasteiger partial charge in [-0.3, -0.25) is 0 Å². The maximum Gasteiger partial charge on any atom is 0.164 e. The molecule has 0 radical (unpaired) electrons. The zero-order chi connectivity index (χ0) is 38.7. The van der Waals surface area contributed by atoms with Crippen LogP contribution in [0.1, 0.15) is 8.22 Å². The first-order valence-electron chi connectivity index (χ1n) is 19.4. The molecule has 7 aromatic carbocycles. The molecule has 0 N–H and O–H groups in total. The molecular formula is C45H25N3S3. The van der Waals surface area contributed by atoms with Gasteiger partial charge in [-0.2, -0.15) is 0 Å². The SMILES string of the molecule is [2H]c1c([2H])c([2H])c2c(sc3c([2H])c(-c4nc(-c5ccccc5)nc(-c5cccc6sc7ccccc7c56)n4)c([2H])c([2H])c32)c1-c1ccc2c(c1)sc1ccccc12. The fourth-order valence-electron chi connectivity index (χ4n) is 6.90. The molecule has 0 saturated heterocycles. The summed E-state index contributed by atoms with van der Waals surface area (Å²) in [5.74, 6) is 0.862. The Morgan fingerprint density at radius 2 is 1.12 bits per heavy atom. The number of aromatic nitrogens is 3. The molecule has 0 saturated carbocycles. The highest BCUT2D eigenvalue weighted by Crippen LogP contribution is 2.44. The van der Waals surface area contributed by atoms with Gasteiger partial charge >= 0.3 is 0 Å². The molecule has 3 nitrogen and oxygen atoms in total. The summed E-state index contributed by atoms with van der Waals surface area (Å²) in [6, 6.07) is 36.9. The lowest BCUT2D eigenvalue weighted by Gasteiger charge is -2.09. The molecule has 238 valence electrons. The molecule has 11 rings (SSSR count). The van der Waals surface area contributed by atoms with Crippen LogP contribution in [-0.4, -0.2) is 15.0 Å². The molecule has 4 heterocycles. The number of fused-ring (bicyclic) bond motifs is 9. The lowest BCUT2D eigenvalue weighted by Crippen LogP contribution is -2.00. The van der Waals surface area contributed by atoms with Gasteiger partial charge in [0.25, 0.3) is 0 Å². The van der Waals surface area contributed by atoms with Crippen LogP contribution in [0.25, 0.3) is 106 Å². The van der Waals surface area contributed by atoms with Crippen LogP contribution in [0.4, 0.5) is 0 Å². The van der Waals surface area contributed by atoms with Crippen molar-refractivity contribution >= 4 is 94.5 Å². The lowest BCUT2D eigenvalue weighted by molar-refractivity contribution is 1.08. The second-order valence-electron chi connectivity index (χ2n) is 12.3. The summed E-state index contributed by atoms with van der Waals surface area (Å²) in [6.45, 7) is 0. The van der Waals surface area contributed by atoms with Crippen LogP contribution < -0.4 is 0 Å². The second kappa shape index (κ2) is 11.4. The molecule has 0 fully saturated rings. The summed E-state index contributed by atoms with van der Waals surface area (Å²) < 4.78 is 60.9. The first-order chi connectivity index (χ1) is 27.8. The number of hydrogen-bond donors (Lipinski definition) is 0. The topological polar surface area (TPSA) is 38.7 Å². The van der Waals surface area contributed by atoms with Crippen molar-refractivity contribution < 1.29 is 8.22 Å². The van der Waals surface area contributed by atoms with E-state index >= 15 is 0 Å². The van der Waals surface area contributed by atoms with E-state index in [4.69, 9.17) is 19.1 Å². The van der Waals surface area contributed by atoms with Gasteiger partial charge in [0.15, 0.2) is 17.5 Å². The van der Waals surface area contributed by atoms with Crippen molar-refractivity contribution in [1.29, 1.82) is 0 Å². The minimum absolute atomic E-state index is 0.0501. The van der Waals surface area contributed by atoms with Crippen LogP contribution in [0.15, 0.2) is 152 Å². The van der Waals surface area contributed by atoms with Gasteiger partial charge in [0.2, 0.25) is 0 Å². The molecule has 6 heteroatoms. The molecule has 0 unspecified atom stereocenters.